The Hall–Kier alpha value is -1.84. The van der Waals surface area contributed by atoms with Gasteiger partial charge in [0.2, 0.25) is 0 Å². The summed E-state index contributed by atoms with van der Waals surface area (Å²) in [7, 11) is 0. The fraction of sp³-hybridized carbons (Fsp3) is 0. The predicted molar refractivity (Wildman–Crippen MR) is 42.3 cm³/mol. The SMILES string of the molecule is O=c1ccc2nccn(O)c-2c1. The molecule has 0 bridgehead atoms. The fourth-order valence-electron chi connectivity index (χ4n) is 1.05. The summed E-state index contributed by atoms with van der Waals surface area (Å²) in [6, 6.07) is 4.32. The van der Waals surface area contributed by atoms with Gasteiger partial charge in [-0.05, 0) is 12.1 Å². The summed E-state index contributed by atoms with van der Waals surface area (Å²) in [5.41, 5.74) is 0.878. The molecule has 0 radical (unpaired) electrons. The number of nitrogens with zero attached hydrogens (tertiary/aromatic N) is 2. The molecule has 1 heterocycles. The third kappa shape index (κ3) is 0.934. The van der Waals surface area contributed by atoms with Crippen LogP contribution >= 0.6 is 0 Å². The van der Waals surface area contributed by atoms with Crippen molar-refractivity contribution in [3.05, 3.63) is 40.8 Å². The van der Waals surface area contributed by atoms with Gasteiger partial charge in [-0.3, -0.25) is 9.78 Å². The zero-order chi connectivity index (χ0) is 8.55. The van der Waals surface area contributed by atoms with Crippen LogP contribution in [0.25, 0.3) is 11.4 Å². The van der Waals surface area contributed by atoms with Gasteiger partial charge in [0.05, 0.1) is 11.9 Å². The molecule has 0 atom stereocenters. The summed E-state index contributed by atoms with van der Waals surface area (Å²) in [5.74, 6) is 0. The molecule has 2 aliphatic rings. The summed E-state index contributed by atoms with van der Waals surface area (Å²) >= 11 is 0. The lowest BCUT2D eigenvalue weighted by molar-refractivity contribution is 0.188. The summed E-state index contributed by atoms with van der Waals surface area (Å²) in [6.45, 7) is 0. The van der Waals surface area contributed by atoms with Gasteiger partial charge >= 0.3 is 0 Å². The molecule has 0 aromatic rings. The Labute approximate surface area is 68.0 Å². The molecule has 1 aliphatic heterocycles. The second-order valence-corrected chi connectivity index (χ2v) is 2.42. The lowest BCUT2D eigenvalue weighted by Crippen LogP contribution is -2.06. The Morgan fingerprint density at radius 1 is 1.42 bits per heavy atom. The number of aromatic nitrogens is 2. The van der Waals surface area contributed by atoms with Crippen molar-refractivity contribution in [1.82, 2.24) is 9.71 Å². The minimum absolute atomic E-state index is 0.140. The second-order valence-electron chi connectivity index (χ2n) is 2.42. The monoisotopic (exact) mass is 162 g/mol. The quantitative estimate of drug-likeness (QED) is 0.576. The minimum Gasteiger partial charge on any atom is -0.428 e. The molecular formula is C8H6N2O2. The van der Waals surface area contributed by atoms with Crippen molar-refractivity contribution < 1.29 is 5.21 Å². The van der Waals surface area contributed by atoms with E-state index in [2.05, 4.69) is 4.98 Å². The van der Waals surface area contributed by atoms with Crippen LogP contribution in [0.3, 0.4) is 0 Å². The van der Waals surface area contributed by atoms with Crippen LogP contribution < -0.4 is 5.43 Å². The Balaban J connectivity index is 2.87. The van der Waals surface area contributed by atoms with E-state index in [0.717, 1.165) is 4.73 Å². The third-order valence-corrected chi connectivity index (χ3v) is 1.62. The van der Waals surface area contributed by atoms with Crippen molar-refractivity contribution >= 4 is 0 Å². The van der Waals surface area contributed by atoms with Gasteiger partial charge in [-0.15, -0.1) is 0 Å². The molecule has 0 aromatic heterocycles. The highest BCUT2D eigenvalue weighted by molar-refractivity contribution is 5.54. The zero-order valence-electron chi connectivity index (χ0n) is 6.14. The van der Waals surface area contributed by atoms with Crippen LogP contribution in [-0.4, -0.2) is 14.9 Å². The van der Waals surface area contributed by atoms with E-state index < -0.39 is 0 Å². The van der Waals surface area contributed by atoms with Gasteiger partial charge in [0.15, 0.2) is 5.43 Å². The Kier molecular flexibility index (Phi) is 1.33. The van der Waals surface area contributed by atoms with Crippen molar-refractivity contribution in [2.24, 2.45) is 0 Å². The summed E-state index contributed by atoms with van der Waals surface area (Å²) in [6.07, 6.45) is 2.84. The van der Waals surface area contributed by atoms with Crippen molar-refractivity contribution in [3.63, 3.8) is 0 Å². The standard InChI is InChI=1S/C8H6N2O2/c11-6-1-2-7-8(5-6)10(12)4-3-9-7/h1-5,12H. The van der Waals surface area contributed by atoms with E-state index in [9.17, 15) is 10.0 Å². The van der Waals surface area contributed by atoms with E-state index in [0.29, 0.717) is 11.4 Å². The molecule has 0 unspecified atom stereocenters. The Bertz CT molecular complexity index is 436. The van der Waals surface area contributed by atoms with Gasteiger partial charge in [-0.1, -0.05) is 0 Å². The predicted octanol–water partition coefficient (Wildman–Crippen LogP) is 0.585. The molecule has 1 aliphatic carbocycles. The van der Waals surface area contributed by atoms with Crippen LogP contribution in [0.15, 0.2) is 35.4 Å². The van der Waals surface area contributed by atoms with E-state index in [4.69, 9.17) is 0 Å². The maximum atomic E-state index is 10.9. The van der Waals surface area contributed by atoms with Crippen LogP contribution in [0.1, 0.15) is 0 Å². The largest absolute Gasteiger partial charge is 0.428 e. The van der Waals surface area contributed by atoms with Crippen molar-refractivity contribution in [1.29, 1.82) is 0 Å². The highest BCUT2D eigenvalue weighted by Gasteiger charge is 2.05. The molecule has 4 heteroatoms. The first-order valence-corrected chi connectivity index (χ1v) is 3.44. The van der Waals surface area contributed by atoms with Gasteiger partial charge in [-0.25, -0.2) is 0 Å². The second kappa shape index (κ2) is 2.34. The number of rotatable bonds is 0. The van der Waals surface area contributed by atoms with Crippen LogP contribution in [0.2, 0.25) is 0 Å². The fourth-order valence-corrected chi connectivity index (χ4v) is 1.05. The molecule has 0 spiro atoms. The van der Waals surface area contributed by atoms with Crippen LogP contribution in [-0.2, 0) is 0 Å². The highest BCUT2D eigenvalue weighted by atomic mass is 16.5. The van der Waals surface area contributed by atoms with Gasteiger partial charge in [0.1, 0.15) is 5.69 Å². The molecular weight excluding hydrogens is 156 g/mol. The van der Waals surface area contributed by atoms with E-state index in [1.807, 2.05) is 0 Å². The molecule has 60 valence electrons. The third-order valence-electron chi connectivity index (χ3n) is 1.62. The van der Waals surface area contributed by atoms with E-state index in [-0.39, 0.29) is 5.43 Å². The van der Waals surface area contributed by atoms with Crippen LogP contribution in [0.4, 0.5) is 0 Å². The Morgan fingerprint density at radius 2 is 2.25 bits per heavy atom. The average Bonchev–Trinajstić information content (AvgIpc) is 2.07. The van der Waals surface area contributed by atoms with Gasteiger partial charge in [-0.2, -0.15) is 4.73 Å². The molecule has 12 heavy (non-hydrogen) atoms. The first-order valence-electron chi connectivity index (χ1n) is 3.44. The molecule has 4 nitrogen and oxygen atoms in total. The number of benzene rings is 1. The topological polar surface area (TPSA) is 55.1 Å². The van der Waals surface area contributed by atoms with Crippen molar-refractivity contribution in [2.45, 2.75) is 0 Å². The van der Waals surface area contributed by atoms with Crippen LogP contribution in [0.5, 0.6) is 0 Å². The van der Waals surface area contributed by atoms with Gasteiger partial charge in [0.25, 0.3) is 0 Å². The first-order chi connectivity index (χ1) is 5.77. The molecule has 0 amide bonds. The molecule has 2 rings (SSSR count). The van der Waals surface area contributed by atoms with Gasteiger partial charge < -0.3 is 5.21 Å². The maximum absolute atomic E-state index is 10.9. The lowest BCUT2D eigenvalue weighted by Gasteiger charge is -2.05. The summed E-state index contributed by atoms with van der Waals surface area (Å²) < 4.78 is 0.879. The van der Waals surface area contributed by atoms with Gasteiger partial charge in [0, 0.05) is 12.3 Å². The van der Waals surface area contributed by atoms with Crippen molar-refractivity contribution in [3.8, 4) is 11.4 Å². The van der Waals surface area contributed by atoms with Crippen LogP contribution in [0, 0.1) is 0 Å². The number of hydrogen-bond acceptors (Lipinski definition) is 3. The molecule has 1 N–H and O–H groups in total. The van der Waals surface area contributed by atoms with E-state index in [1.165, 1.54) is 24.5 Å². The molecule has 0 saturated heterocycles. The normalized spacial score (nSPS) is 10.3. The molecule has 0 aromatic carbocycles. The smallest absolute Gasteiger partial charge is 0.181 e. The number of fused-ring (bicyclic) bond motifs is 1. The minimum atomic E-state index is -0.140. The van der Waals surface area contributed by atoms with E-state index in [1.54, 1.807) is 6.07 Å². The van der Waals surface area contributed by atoms with Crippen molar-refractivity contribution in [2.75, 3.05) is 0 Å². The zero-order valence-corrected chi connectivity index (χ0v) is 6.14. The van der Waals surface area contributed by atoms with E-state index >= 15 is 0 Å². The summed E-state index contributed by atoms with van der Waals surface area (Å²) in [4.78, 5) is 14.8. The maximum Gasteiger partial charge on any atom is 0.181 e. The molecule has 0 saturated carbocycles. The highest BCUT2D eigenvalue weighted by Crippen LogP contribution is 2.13. The average molecular weight is 162 g/mol. The first kappa shape index (κ1) is 6.84. The summed E-state index contributed by atoms with van der Waals surface area (Å²) in [5, 5.41) is 9.23. The molecule has 0 fully saturated rings. The lowest BCUT2D eigenvalue weighted by atomic mass is 10.2. The number of hydrogen-bond donors (Lipinski definition) is 1. The Morgan fingerprint density at radius 3 is 3.08 bits per heavy atom.